The summed E-state index contributed by atoms with van der Waals surface area (Å²) < 4.78 is 27.2. The summed E-state index contributed by atoms with van der Waals surface area (Å²) in [6.45, 7) is 9.87. The first-order valence-electron chi connectivity index (χ1n) is 18.0. The van der Waals surface area contributed by atoms with Crippen LogP contribution in [-0.2, 0) is 39.9 Å². The average Bonchev–Trinajstić information content (AvgIpc) is 3.43. The fourth-order valence-electron chi connectivity index (χ4n) is 5.72. The number of benzene rings is 3. The molecule has 0 fully saturated rings. The van der Waals surface area contributed by atoms with Crippen LogP contribution in [0.1, 0.15) is 83.4 Å². The fraction of sp³-hybridized carbons (Fsp3) is 0.439. The lowest BCUT2D eigenvalue weighted by Gasteiger charge is -2.24. The molecule has 290 valence electrons. The van der Waals surface area contributed by atoms with Gasteiger partial charge in [-0.15, -0.1) is 0 Å². The van der Waals surface area contributed by atoms with E-state index in [9.17, 15) is 24.0 Å². The predicted molar refractivity (Wildman–Crippen MR) is 200 cm³/mol. The highest BCUT2D eigenvalue weighted by Crippen LogP contribution is 2.44. The maximum Gasteiger partial charge on any atom is 0.408 e. The lowest BCUT2D eigenvalue weighted by atomic mass is 9.98. The second-order valence-corrected chi connectivity index (χ2v) is 14.9. The Labute approximate surface area is 316 Å². The molecule has 4 rings (SSSR count). The van der Waals surface area contributed by atoms with E-state index in [2.05, 4.69) is 16.0 Å². The van der Waals surface area contributed by atoms with Gasteiger partial charge >= 0.3 is 30.2 Å². The Morgan fingerprint density at radius 1 is 0.611 bits per heavy atom. The number of carbonyl (C=O) groups is 5. The van der Waals surface area contributed by atoms with Crippen LogP contribution in [0.15, 0.2) is 78.9 Å². The number of unbranched alkanes of at least 4 members (excludes halogenated alkanes) is 1. The van der Waals surface area contributed by atoms with Gasteiger partial charge in [0.2, 0.25) is 0 Å². The van der Waals surface area contributed by atoms with Crippen molar-refractivity contribution in [2.75, 3.05) is 19.8 Å². The number of nitrogens with one attached hydrogen (secondary N) is 3. The molecule has 3 aromatic rings. The van der Waals surface area contributed by atoms with E-state index in [0.717, 1.165) is 22.3 Å². The van der Waals surface area contributed by atoms with Crippen LogP contribution in [0.4, 0.5) is 14.4 Å². The zero-order chi connectivity index (χ0) is 39.3. The molecular formula is C41H51N3O10. The monoisotopic (exact) mass is 745 g/mol. The van der Waals surface area contributed by atoms with Crippen molar-refractivity contribution >= 4 is 30.2 Å². The number of hydrogen-bond acceptors (Lipinski definition) is 10. The fourth-order valence-corrected chi connectivity index (χ4v) is 5.72. The van der Waals surface area contributed by atoms with Gasteiger partial charge in [-0.05, 0) is 88.6 Å². The summed E-state index contributed by atoms with van der Waals surface area (Å²) in [4.78, 5) is 64.6. The first kappa shape index (κ1) is 41.2. The van der Waals surface area contributed by atoms with Crippen molar-refractivity contribution in [3.05, 3.63) is 95.6 Å². The standard InChI is InChI=1S/C41H51N3O10/c1-40(2,3)53-37(47)42-23-15-14-22-33(43-38(48)52-25-32-30-20-12-10-18-28(30)29-19-11-13-21-31(29)32)35(45)51-26-34(44-39(49)54-41(4,5)6)36(46)50-24-27-16-8-7-9-17-27/h7-13,16-21,32-34H,14-15,22-26H2,1-6H3,(H,42,47)(H,43,48)(H,44,49)/t33-,34+/m1/s1. The Morgan fingerprint density at radius 2 is 1.15 bits per heavy atom. The van der Waals surface area contributed by atoms with Crippen molar-refractivity contribution in [1.82, 2.24) is 16.0 Å². The lowest BCUT2D eigenvalue weighted by molar-refractivity contribution is -0.154. The number of rotatable bonds is 15. The molecule has 3 aromatic carbocycles. The van der Waals surface area contributed by atoms with E-state index in [1.165, 1.54) is 0 Å². The van der Waals surface area contributed by atoms with Crippen molar-refractivity contribution < 1.29 is 47.7 Å². The molecule has 0 radical (unpaired) electrons. The van der Waals surface area contributed by atoms with E-state index >= 15 is 0 Å². The predicted octanol–water partition coefficient (Wildman–Crippen LogP) is 6.77. The molecule has 0 bridgehead atoms. The molecule has 54 heavy (non-hydrogen) atoms. The summed E-state index contributed by atoms with van der Waals surface area (Å²) in [5, 5.41) is 7.71. The molecule has 3 N–H and O–H groups in total. The molecule has 0 spiro atoms. The van der Waals surface area contributed by atoms with Gasteiger partial charge in [-0.1, -0.05) is 78.9 Å². The van der Waals surface area contributed by atoms with Gasteiger partial charge in [-0.3, -0.25) is 0 Å². The van der Waals surface area contributed by atoms with Gasteiger partial charge in [-0.25, -0.2) is 24.0 Å². The highest BCUT2D eigenvalue weighted by molar-refractivity contribution is 5.84. The zero-order valence-electron chi connectivity index (χ0n) is 31.8. The smallest absolute Gasteiger partial charge is 0.408 e. The van der Waals surface area contributed by atoms with Gasteiger partial charge in [0.05, 0.1) is 0 Å². The van der Waals surface area contributed by atoms with Crippen LogP contribution in [-0.4, -0.2) is 73.3 Å². The highest BCUT2D eigenvalue weighted by Gasteiger charge is 2.32. The average molecular weight is 746 g/mol. The van der Waals surface area contributed by atoms with Crippen molar-refractivity contribution in [3.8, 4) is 11.1 Å². The molecule has 0 saturated carbocycles. The molecule has 0 aliphatic heterocycles. The van der Waals surface area contributed by atoms with Gasteiger partial charge in [0, 0.05) is 12.5 Å². The number of esters is 2. The van der Waals surface area contributed by atoms with Crippen molar-refractivity contribution in [1.29, 1.82) is 0 Å². The number of carbonyl (C=O) groups excluding carboxylic acids is 5. The van der Waals surface area contributed by atoms with E-state index in [1.807, 2.05) is 54.6 Å². The molecule has 0 saturated heterocycles. The first-order chi connectivity index (χ1) is 25.6. The van der Waals surface area contributed by atoms with Gasteiger partial charge in [0.25, 0.3) is 0 Å². The van der Waals surface area contributed by atoms with Gasteiger partial charge in [0.15, 0.2) is 6.04 Å². The summed E-state index contributed by atoms with van der Waals surface area (Å²) in [5.41, 5.74) is 3.39. The van der Waals surface area contributed by atoms with Crippen LogP contribution in [0, 0.1) is 0 Å². The number of fused-ring (bicyclic) bond motifs is 3. The Bertz CT molecular complexity index is 1700. The Hall–Kier alpha value is -5.59. The zero-order valence-corrected chi connectivity index (χ0v) is 31.8. The quantitative estimate of drug-likeness (QED) is 0.0858. The Kier molecular flexibility index (Phi) is 14.4. The van der Waals surface area contributed by atoms with Crippen LogP contribution < -0.4 is 16.0 Å². The highest BCUT2D eigenvalue weighted by atomic mass is 16.6. The molecule has 2 atom stereocenters. The Balaban J connectivity index is 1.41. The number of alkyl carbamates (subject to hydrolysis) is 3. The molecular weight excluding hydrogens is 694 g/mol. The van der Waals surface area contributed by atoms with E-state index in [4.69, 9.17) is 23.7 Å². The maximum atomic E-state index is 13.5. The minimum absolute atomic E-state index is 0.0244. The summed E-state index contributed by atoms with van der Waals surface area (Å²) in [7, 11) is 0. The third kappa shape index (κ3) is 13.1. The van der Waals surface area contributed by atoms with Crippen LogP contribution in [0.3, 0.4) is 0 Å². The number of ether oxygens (including phenoxy) is 5. The minimum Gasteiger partial charge on any atom is -0.461 e. The second kappa shape index (κ2) is 18.9. The van der Waals surface area contributed by atoms with Crippen molar-refractivity contribution in [2.45, 2.75) is 96.6 Å². The van der Waals surface area contributed by atoms with E-state index in [1.54, 1.807) is 65.8 Å². The first-order valence-corrected chi connectivity index (χ1v) is 18.0. The van der Waals surface area contributed by atoms with Gasteiger partial charge < -0.3 is 39.6 Å². The molecule has 0 aromatic heterocycles. The molecule has 1 aliphatic rings. The number of amides is 3. The maximum absolute atomic E-state index is 13.5. The van der Waals surface area contributed by atoms with Crippen LogP contribution in [0.5, 0.6) is 0 Å². The Morgan fingerprint density at radius 3 is 1.76 bits per heavy atom. The molecule has 0 heterocycles. The second-order valence-electron chi connectivity index (χ2n) is 14.9. The minimum atomic E-state index is -1.42. The van der Waals surface area contributed by atoms with E-state index < -0.39 is 60.1 Å². The van der Waals surface area contributed by atoms with E-state index in [0.29, 0.717) is 18.4 Å². The topological polar surface area (TPSA) is 168 Å². The van der Waals surface area contributed by atoms with Crippen molar-refractivity contribution in [3.63, 3.8) is 0 Å². The molecule has 13 heteroatoms. The largest absolute Gasteiger partial charge is 0.461 e. The molecule has 1 aliphatic carbocycles. The summed E-state index contributed by atoms with van der Waals surface area (Å²) in [6.07, 6.45) is -1.37. The van der Waals surface area contributed by atoms with Gasteiger partial charge in [0.1, 0.15) is 37.1 Å². The lowest BCUT2D eigenvalue weighted by Crippen LogP contribution is -2.49. The molecule has 13 nitrogen and oxygen atoms in total. The summed E-state index contributed by atoms with van der Waals surface area (Å²) in [6, 6.07) is 22.2. The van der Waals surface area contributed by atoms with Crippen LogP contribution >= 0.6 is 0 Å². The van der Waals surface area contributed by atoms with E-state index in [-0.39, 0.29) is 32.1 Å². The summed E-state index contributed by atoms with van der Waals surface area (Å²) in [5.74, 6) is -1.92. The summed E-state index contributed by atoms with van der Waals surface area (Å²) >= 11 is 0. The van der Waals surface area contributed by atoms with Crippen molar-refractivity contribution in [2.24, 2.45) is 0 Å². The molecule has 3 amide bonds. The third-order valence-corrected chi connectivity index (χ3v) is 8.10. The molecule has 0 unspecified atom stereocenters. The third-order valence-electron chi connectivity index (χ3n) is 8.10. The van der Waals surface area contributed by atoms with Gasteiger partial charge in [-0.2, -0.15) is 0 Å². The van der Waals surface area contributed by atoms with Crippen LogP contribution in [0.25, 0.3) is 11.1 Å². The SMILES string of the molecule is CC(C)(C)OC(=O)NCCCC[C@@H](NC(=O)OCC1c2ccccc2-c2ccccc21)C(=O)OC[C@H](NC(=O)OC(C)(C)C)C(=O)OCc1ccccc1. The number of hydrogen-bond donors (Lipinski definition) is 3. The normalized spacial score (nSPS) is 13.3. The van der Waals surface area contributed by atoms with Crippen LogP contribution in [0.2, 0.25) is 0 Å².